The van der Waals surface area contributed by atoms with Gasteiger partial charge in [-0.1, -0.05) is 25.2 Å². The molecule has 2 N–H and O–H groups in total. The first-order valence-electron chi connectivity index (χ1n) is 5.76. The third kappa shape index (κ3) is 5.44. The van der Waals surface area contributed by atoms with E-state index >= 15 is 0 Å². The SMILES string of the molecule is C#CCNC(=O)CCNC1CCCCC1. The predicted molar refractivity (Wildman–Crippen MR) is 61.3 cm³/mol. The third-order valence-electron chi connectivity index (χ3n) is 2.78. The van der Waals surface area contributed by atoms with Gasteiger partial charge in [0.05, 0.1) is 6.54 Å². The van der Waals surface area contributed by atoms with Crippen LogP contribution in [0.2, 0.25) is 0 Å². The number of amides is 1. The highest BCUT2D eigenvalue weighted by atomic mass is 16.1. The van der Waals surface area contributed by atoms with E-state index in [0.29, 0.717) is 19.0 Å². The first kappa shape index (κ1) is 12.1. The number of hydrogen-bond donors (Lipinski definition) is 2. The van der Waals surface area contributed by atoms with E-state index in [0.717, 1.165) is 6.54 Å². The average Bonchev–Trinajstić information content (AvgIpc) is 2.28. The fourth-order valence-electron chi connectivity index (χ4n) is 1.93. The van der Waals surface area contributed by atoms with Gasteiger partial charge in [0.1, 0.15) is 0 Å². The summed E-state index contributed by atoms with van der Waals surface area (Å²) in [4.78, 5) is 11.2. The zero-order valence-corrected chi connectivity index (χ0v) is 9.22. The Kier molecular flexibility index (Phi) is 5.87. The van der Waals surface area contributed by atoms with Crippen molar-refractivity contribution in [3.05, 3.63) is 0 Å². The molecule has 1 amide bonds. The van der Waals surface area contributed by atoms with Crippen molar-refractivity contribution in [3.8, 4) is 12.3 Å². The minimum absolute atomic E-state index is 0.0382. The quantitative estimate of drug-likeness (QED) is 0.663. The second kappa shape index (κ2) is 7.30. The third-order valence-corrected chi connectivity index (χ3v) is 2.78. The van der Waals surface area contributed by atoms with Gasteiger partial charge < -0.3 is 10.6 Å². The van der Waals surface area contributed by atoms with Crippen molar-refractivity contribution in [1.82, 2.24) is 10.6 Å². The highest BCUT2D eigenvalue weighted by molar-refractivity contribution is 5.76. The monoisotopic (exact) mass is 208 g/mol. The van der Waals surface area contributed by atoms with E-state index in [1.54, 1.807) is 0 Å². The molecule has 0 bridgehead atoms. The number of nitrogens with one attached hydrogen (secondary N) is 2. The number of rotatable bonds is 5. The molecule has 0 aliphatic heterocycles. The second-order valence-corrected chi connectivity index (χ2v) is 4.02. The number of hydrogen-bond acceptors (Lipinski definition) is 2. The molecule has 1 aliphatic carbocycles. The van der Waals surface area contributed by atoms with Crippen LogP contribution in [0.25, 0.3) is 0 Å². The van der Waals surface area contributed by atoms with Gasteiger partial charge in [0.15, 0.2) is 0 Å². The van der Waals surface area contributed by atoms with Gasteiger partial charge in [-0.2, -0.15) is 0 Å². The van der Waals surface area contributed by atoms with E-state index in [1.807, 2.05) is 0 Å². The second-order valence-electron chi connectivity index (χ2n) is 4.02. The molecule has 15 heavy (non-hydrogen) atoms. The van der Waals surface area contributed by atoms with Gasteiger partial charge in [-0.25, -0.2) is 0 Å². The Hall–Kier alpha value is -1.01. The molecule has 3 nitrogen and oxygen atoms in total. The molecule has 3 heteroatoms. The summed E-state index contributed by atoms with van der Waals surface area (Å²) in [5.74, 6) is 2.42. The maximum Gasteiger partial charge on any atom is 0.222 e. The number of carbonyl (C=O) groups excluding carboxylic acids is 1. The van der Waals surface area contributed by atoms with Crippen molar-refractivity contribution < 1.29 is 4.79 Å². The topological polar surface area (TPSA) is 41.1 Å². The van der Waals surface area contributed by atoms with Crippen LogP contribution >= 0.6 is 0 Å². The van der Waals surface area contributed by atoms with E-state index in [9.17, 15) is 4.79 Å². The Morgan fingerprint density at radius 3 is 2.73 bits per heavy atom. The van der Waals surface area contributed by atoms with Crippen molar-refractivity contribution >= 4 is 5.91 Å². The first-order valence-corrected chi connectivity index (χ1v) is 5.76. The molecule has 0 heterocycles. The maximum atomic E-state index is 11.2. The molecule has 84 valence electrons. The van der Waals surface area contributed by atoms with Gasteiger partial charge in [0.25, 0.3) is 0 Å². The van der Waals surface area contributed by atoms with Crippen LogP contribution in [0.3, 0.4) is 0 Å². The summed E-state index contributed by atoms with van der Waals surface area (Å²) in [5.41, 5.74) is 0. The van der Waals surface area contributed by atoms with E-state index in [4.69, 9.17) is 6.42 Å². The molecule has 0 aromatic heterocycles. The molecule has 0 aromatic carbocycles. The molecule has 1 rings (SSSR count). The molecule has 1 aliphatic rings. The van der Waals surface area contributed by atoms with Crippen LogP contribution in [-0.4, -0.2) is 25.0 Å². The van der Waals surface area contributed by atoms with Crippen LogP contribution in [0.1, 0.15) is 38.5 Å². The molecule has 0 atom stereocenters. The van der Waals surface area contributed by atoms with E-state index in [2.05, 4.69) is 16.6 Å². The summed E-state index contributed by atoms with van der Waals surface area (Å²) in [6, 6.07) is 0.624. The van der Waals surface area contributed by atoms with Crippen LogP contribution in [0.5, 0.6) is 0 Å². The molecular formula is C12H20N2O. The minimum Gasteiger partial charge on any atom is -0.345 e. The molecule has 1 fully saturated rings. The summed E-state index contributed by atoms with van der Waals surface area (Å²) in [5, 5.41) is 6.07. The zero-order valence-electron chi connectivity index (χ0n) is 9.22. The lowest BCUT2D eigenvalue weighted by Crippen LogP contribution is -2.34. The Morgan fingerprint density at radius 1 is 1.33 bits per heavy atom. The lowest BCUT2D eigenvalue weighted by atomic mass is 9.95. The average molecular weight is 208 g/mol. The standard InChI is InChI=1S/C12H20N2O/c1-2-9-14-12(15)8-10-13-11-6-4-3-5-7-11/h1,11,13H,3-10H2,(H,14,15). The first-order chi connectivity index (χ1) is 7.33. The summed E-state index contributed by atoms with van der Waals surface area (Å²) in [6.45, 7) is 1.10. The van der Waals surface area contributed by atoms with Gasteiger partial charge in [-0.15, -0.1) is 6.42 Å². The van der Waals surface area contributed by atoms with Crippen LogP contribution in [0, 0.1) is 12.3 Å². The number of terminal acetylenes is 1. The highest BCUT2D eigenvalue weighted by Gasteiger charge is 2.12. The molecule has 0 saturated heterocycles. The van der Waals surface area contributed by atoms with Crippen LogP contribution in [-0.2, 0) is 4.79 Å². The van der Waals surface area contributed by atoms with Gasteiger partial charge >= 0.3 is 0 Å². The van der Waals surface area contributed by atoms with Gasteiger partial charge in [0, 0.05) is 19.0 Å². The van der Waals surface area contributed by atoms with Crippen LogP contribution in [0.4, 0.5) is 0 Å². The van der Waals surface area contributed by atoms with Crippen molar-refractivity contribution in [2.24, 2.45) is 0 Å². The molecule has 1 saturated carbocycles. The lowest BCUT2D eigenvalue weighted by molar-refractivity contribution is -0.120. The van der Waals surface area contributed by atoms with E-state index in [1.165, 1.54) is 32.1 Å². The molecule has 0 unspecified atom stereocenters. The number of carbonyl (C=O) groups is 1. The van der Waals surface area contributed by atoms with Gasteiger partial charge in [0.2, 0.25) is 5.91 Å². The molecule has 0 radical (unpaired) electrons. The molecule has 0 aromatic rings. The zero-order chi connectivity index (χ0) is 10.9. The summed E-state index contributed by atoms with van der Waals surface area (Å²) >= 11 is 0. The summed E-state index contributed by atoms with van der Waals surface area (Å²) < 4.78 is 0. The molecular weight excluding hydrogens is 188 g/mol. The van der Waals surface area contributed by atoms with Crippen LogP contribution in [0.15, 0.2) is 0 Å². The molecule has 0 spiro atoms. The van der Waals surface area contributed by atoms with Crippen molar-refractivity contribution in [1.29, 1.82) is 0 Å². The highest BCUT2D eigenvalue weighted by Crippen LogP contribution is 2.16. The predicted octanol–water partition coefficient (Wildman–Crippen LogP) is 1.05. The van der Waals surface area contributed by atoms with Crippen molar-refractivity contribution in [2.75, 3.05) is 13.1 Å². The van der Waals surface area contributed by atoms with E-state index in [-0.39, 0.29) is 5.91 Å². The summed E-state index contributed by atoms with van der Waals surface area (Å²) in [7, 11) is 0. The Labute approximate surface area is 92.0 Å². The smallest absolute Gasteiger partial charge is 0.222 e. The normalized spacial score (nSPS) is 17.0. The largest absolute Gasteiger partial charge is 0.345 e. The minimum atomic E-state index is 0.0382. The summed E-state index contributed by atoms with van der Waals surface area (Å²) in [6.07, 6.45) is 12.1. The van der Waals surface area contributed by atoms with Crippen molar-refractivity contribution in [3.63, 3.8) is 0 Å². The van der Waals surface area contributed by atoms with Gasteiger partial charge in [-0.05, 0) is 12.8 Å². The van der Waals surface area contributed by atoms with Crippen LogP contribution < -0.4 is 10.6 Å². The Bertz CT molecular complexity index is 226. The van der Waals surface area contributed by atoms with E-state index < -0.39 is 0 Å². The maximum absolute atomic E-state index is 11.2. The Balaban J connectivity index is 2.00. The fraction of sp³-hybridized carbons (Fsp3) is 0.750. The van der Waals surface area contributed by atoms with Crippen molar-refractivity contribution in [2.45, 2.75) is 44.6 Å². The fourth-order valence-corrected chi connectivity index (χ4v) is 1.93. The lowest BCUT2D eigenvalue weighted by Gasteiger charge is -2.22. The Morgan fingerprint density at radius 2 is 2.07 bits per heavy atom. The van der Waals surface area contributed by atoms with Gasteiger partial charge in [-0.3, -0.25) is 4.79 Å².